The fourth-order valence-electron chi connectivity index (χ4n) is 6.59. The number of hydrogen-bond acceptors (Lipinski definition) is 7. The molecule has 1 atom stereocenters. The minimum Gasteiger partial charge on any atom is -0.360 e. The van der Waals surface area contributed by atoms with Crippen molar-refractivity contribution in [1.82, 2.24) is 29.7 Å². The average molecular weight is 608 g/mol. The van der Waals surface area contributed by atoms with Gasteiger partial charge in [-0.05, 0) is 67.7 Å². The van der Waals surface area contributed by atoms with Crippen LogP contribution in [0.2, 0.25) is 0 Å². The van der Waals surface area contributed by atoms with Gasteiger partial charge in [-0.25, -0.2) is 14.1 Å². The molecule has 8 rings (SSSR count). The molecule has 3 aromatic heterocycles. The zero-order valence-electron chi connectivity index (χ0n) is 22.2. The predicted molar refractivity (Wildman–Crippen MR) is 154 cm³/mol. The molecule has 4 heterocycles. The quantitative estimate of drug-likeness (QED) is 0.211. The first-order chi connectivity index (χ1) is 19.4. The van der Waals surface area contributed by atoms with Gasteiger partial charge in [-0.15, -0.1) is 5.10 Å². The number of ether oxygens (including phenoxy) is 1. The van der Waals surface area contributed by atoms with Crippen molar-refractivity contribution in [1.29, 1.82) is 5.41 Å². The smallest absolute Gasteiger partial charge is 0.137 e. The van der Waals surface area contributed by atoms with E-state index in [-0.39, 0.29) is 11.6 Å². The van der Waals surface area contributed by atoms with Gasteiger partial charge in [0.1, 0.15) is 23.2 Å². The van der Waals surface area contributed by atoms with Gasteiger partial charge < -0.3 is 25.2 Å². The van der Waals surface area contributed by atoms with Crippen molar-refractivity contribution < 1.29 is 9.13 Å². The molecular formula is C29H32BrFN8O. The maximum Gasteiger partial charge on any atom is 0.137 e. The third-order valence-corrected chi connectivity index (χ3v) is 8.85. The summed E-state index contributed by atoms with van der Waals surface area (Å²) in [7, 11) is 0. The minimum atomic E-state index is -0.844. The highest BCUT2D eigenvalue weighted by atomic mass is 79.9. The zero-order chi connectivity index (χ0) is 27.3. The molecule has 2 bridgehead atoms. The largest absolute Gasteiger partial charge is 0.360 e. The standard InChI is InChI=1S/C29H32BrFN8O/c30-20-7-22(23(9-32)24(8-20)35-27-3-1-2-6-40-27)25-14-39(37-36-25)13-21-12-38-11-19(4-5-26(38)34-21)10-33-18-28-15-29(31,16-28)17-28/h4-5,7-9,11-12,14,27,32-33,35H,1-3,6,10,13,15-18H2. The number of nitrogens with one attached hydrogen (secondary N) is 3. The van der Waals surface area contributed by atoms with Gasteiger partial charge in [0.05, 0.1) is 18.4 Å². The van der Waals surface area contributed by atoms with Crippen molar-refractivity contribution in [2.24, 2.45) is 5.41 Å². The van der Waals surface area contributed by atoms with Crippen LogP contribution in [-0.2, 0) is 17.8 Å². The first-order valence-electron chi connectivity index (χ1n) is 13.9. The highest BCUT2D eigenvalue weighted by Crippen LogP contribution is 2.69. The number of nitrogens with zero attached hydrogens (tertiary/aromatic N) is 5. The van der Waals surface area contributed by atoms with Crippen molar-refractivity contribution >= 4 is 33.5 Å². The summed E-state index contributed by atoms with van der Waals surface area (Å²) in [5, 5.41) is 23.9. The summed E-state index contributed by atoms with van der Waals surface area (Å²) in [6.07, 6.45) is 12.6. The third-order valence-electron chi connectivity index (χ3n) is 8.39. The fourth-order valence-corrected chi connectivity index (χ4v) is 7.05. The second-order valence-corrected chi connectivity index (χ2v) is 12.6. The Kier molecular flexibility index (Phi) is 6.47. The molecule has 1 unspecified atom stereocenters. The van der Waals surface area contributed by atoms with E-state index in [9.17, 15) is 4.39 Å². The fraction of sp³-hybridized carbons (Fsp3) is 0.448. The van der Waals surface area contributed by atoms with Crippen LogP contribution in [0.15, 0.2) is 47.3 Å². The van der Waals surface area contributed by atoms with Crippen LogP contribution in [0.1, 0.15) is 55.3 Å². The first-order valence-corrected chi connectivity index (χ1v) is 14.7. The summed E-state index contributed by atoms with van der Waals surface area (Å²) in [5.74, 6) is 0. The second-order valence-electron chi connectivity index (χ2n) is 11.7. The summed E-state index contributed by atoms with van der Waals surface area (Å²) in [6, 6.07) is 8.04. The molecule has 1 aliphatic heterocycles. The van der Waals surface area contributed by atoms with Crippen LogP contribution < -0.4 is 10.6 Å². The van der Waals surface area contributed by atoms with Crippen molar-refractivity contribution in [3.63, 3.8) is 0 Å². The van der Waals surface area contributed by atoms with Crippen LogP contribution in [0, 0.1) is 10.8 Å². The molecule has 3 aliphatic carbocycles. The number of benzene rings is 1. The molecule has 1 aromatic carbocycles. The Morgan fingerprint density at radius 2 is 2.05 bits per heavy atom. The van der Waals surface area contributed by atoms with Gasteiger partial charge in [0.25, 0.3) is 0 Å². The van der Waals surface area contributed by atoms with Gasteiger partial charge in [-0.3, -0.25) is 0 Å². The van der Waals surface area contributed by atoms with Crippen LogP contribution in [0.25, 0.3) is 16.9 Å². The van der Waals surface area contributed by atoms with Gasteiger partial charge in [0, 0.05) is 59.6 Å². The molecule has 1 saturated heterocycles. The molecule has 4 aromatic rings. The van der Waals surface area contributed by atoms with Crippen LogP contribution in [0.4, 0.5) is 10.1 Å². The zero-order valence-corrected chi connectivity index (χ0v) is 23.8. The highest BCUT2D eigenvalue weighted by Gasteiger charge is 2.68. The molecule has 4 aliphatic rings. The molecule has 4 fully saturated rings. The normalized spacial score (nSPS) is 25.4. The highest BCUT2D eigenvalue weighted by molar-refractivity contribution is 9.10. The van der Waals surface area contributed by atoms with Crippen molar-refractivity contribution in [3.8, 4) is 11.3 Å². The topological polar surface area (TPSA) is 105 Å². The summed E-state index contributed by atoms with van der Waals surface area (Å²) in [6.45, 7) is 2.86. The van der Waals surface area contributed by atoms with Crippen LogP contribution >= 0.6 is 15.9 Å². The van der Waals surface area contributed by atoms with E-state index in [0.717, 1.165) is 96.4 Å². The van der Waals surface area contributed by atoms with Gasteiger partial charge >= 0.3 is 0 Å². The summed E-state index contributed by atoms with van der Waals surface area (Å²) < 4.78 is 24.3. The van der Waals surface area contributed by atoms with Gasteiger partial charge in [-0.1, -0.05) is 27.2 Å². The molecule has 40 heavy (non-hydrogen) atoms. The Labute approximate surface area is 240 Å². The van der Waals surface area contributed by atoms with E-state index in [1.807, 2.05) is 35.0 Å². The number of aromatic nitrogens is 5. The first kappa shape index (κ1) is 25.8. The summed E-state index contributed by atoms with van der Waals surface area (Å²) >= 11 is 3.62. The Balaban J connectivity index is 1.04. The number of hydrogen-bond donors (Lipinski definition) is 3. The number of fused-ring (bicyclic) bond motifs is 1. The molecule has 3 saturated carbocycles. The lowest BCUT2D eigenvalue weighted by Gasteiger charge is -2.66. The summed E-state index contributed by atoms with van der Waals surface area (Å²) in [5.41, 5.74) is 5.36. The minimum absolute atomic E-state index is 0.0616. The second kappa shape index (κ2) is 10.0. The van der Waals surface area contributed by atoms with E-state index in [2.05, 4.69) is 49.1 Å². The van der Waals surface area contributed by atoms with Crippen LogP contribution in [-0.4, -0.2) is 55.6 Å². The number of pyridine rings is 1. The number of anilines is 1. The number of halogens is 2. The molecular weight excluding hydrogens is 575 g/mol. The number of rotatable bonds is 10. The lowest BCUT2D eigenvalue weighted by molar-refractivity contribution is -0.209. The third kappa shape index (κ3) is 4.95. The maximum atomic E-state index is 13.8. The van der Waals surface area contributed by atoms with Gasteiger partial charge in [0.15, 0.2) is 0 Å². The molecule has 0 radical (unpaired) electrons. The van der Waals surface area contributed by atoms with Crippen LogP contribution in [0.5, 0.6) is 0 Å². The van der Waals surface area contributed by atoms with E-state index in [1.54, 1.807) is 4.68 Å². The molecule has 9 nitrogen and oxygen atoms in total. The Bertz CT molecular complexity index is 1560. The Hall–Kier alpha value is -3.15. The number of imidazole rings is 1. The van der Waals surface area contributed by atoms with E-state index in [1.165, 1.54) is 6.21 Å². The average Bonchev–Trinajstić information content (AvgIpc) is 3.53. The molecule has 0 spiro atoms. The Morgan fingerprint density at radius 3 is 2.83 bits per heavy atom. The Morgan fingerprint density at radius 1 is 1.18 bits per heavy atom. The monoisotopic (exact) mass is 606 g/mol. The molecule has 3 N–H and O–H groups in total. The van der Waals surface area contributed by atoms with E-state index in [4.69, 9.17) is 15.1 Å². The predicted octanol–water partition coefficient (Wildman–Crippen LogP) is 5.32. The maximum absolute atomic E-state index is 13.8. The lowest BCUT2D eigenvalue weighted by atomic mass is 9.42. The van der Waals surface area contributed by atoms with Crippen LogP contribution in [0.3, 0.4) is 0 Å². The van der Waals surface area contributed by atoms with Crippen molar-refractivity contribution in [2.75, 3.05) is 18.5 Å². The molecule has 0 amide bonds. The van der Waals surface area contributed by atoms with Crippen molar-refractivity contribution in [3.05, 3.63) is 64.1 Å². The lowest BCUT2D eigenvalue weighted by Crippen LogP contribution is -2.67. The number of alkyl halides is 1. The van der Waals surface area contributed by atoms with Gasteiger partial charge in [0.2, 0.25) is 0 Å². The van der Waals surface area contributed by atoms with E-state index < -0.39 is 5.67 Å². The van der Waals surface area contributed by atoms with E-state index >= 15 is 0 Å². The van der Waals surface area contributed by atoms with Crippen molar-refractivity contribution in [2.45, 2.75) is 63.5 Å². The summed E-state index contributed by atoms with van der Waals surface area (Å²) in [4.78, 5) is 4.76. The molecule has 208 valence electrons. The molecule has 11 heteroatoms. The SMILES string of the molecule is N=Cc1c(NC2CCCCO2)cc(Br)cc1-c1cn(Cc2cn3cc(CNCC45CC(F)(C4)C5)ccc3n2)nn1. The van der Waals surface area contributed by atoms with E-state index in [0.29, 0.717) is 12.2 Å². The van der Waals surface area contributed by atoms with Gasteiger partial charge in [-0.2, -0.15) is 0 Å².